The number of nitrogens with zero attached hydrogens (tertiary/aromatic N) is 1. The minimum atomic E-state index is 0.236. The fourth-order valence-corrected chi connectivity index (χ4v) is 3.14. The van der Waals surface area contributed by atoms with Crippen LogP contribution < -0.4 is 5.73 Å². The summed E-state index contributed by atoms with van der Waals surface area (Å²) in [6.45, 7) is 2.50. The van der Waals surface area contributed by atoms with Crippen LogP contribution in [-0.4, -0.2) is 30.4 Å². The van der Waals surface area contributed by atoms with E-state index in [1.54, 1.807) is 0 Å². The number of carbonyl (C=O) groups excluding carboxylic acids is 1. The molecule has 0 bridgehead atoms. The van der Waals surface area contributed by atoms with Gasteiger partial charge >= 0.3 is 0 Å². The number of hydrogen-bond acceptors (Lipinski definition) is 2. The molecule has 19 heavy (non-hydrogen) atoms. The van der Waals surface area contributed by atoms with E-state index in [2.05, 4.69) is 15.9 Å². The molecular formula is C15H21BrN2O. The lowest BCUT2D eigenvalue weighted by atomic mass is 9.94. The van der Waals surface area contributed by atoms with Gasteiger partial charge in [-0.3, -0.25) is 4.79 Å². The van der Waals surface area contributed by atoms with Crippen LogP contribution in [0.1, 0.15) is 24.8 Å². The van der Waals surface area contributed by atoms with Crippen molar-refractivity contribution in [2.75, 3.05) is 19.6 Å². The average molecular weight is 325 g/mol. The van der Waals surface area contributed by atoms with Crippen molar-refractivity contribution in [1.82, 2.24) is 4.90 Å². The first-order chi connectivity index (χ1) is 9.19. The largest absolute Gasteiger partial charge is 0.342 e. The maximum absolute atomic E-state index is 12.3. The molecular weight excluding hydrogens is 304 g/mol. The number of rotatable bonds is 4. The molecule has 1 heterocycles. The second-order valence-electron chi connectivity index (χ2n) is 5.23. The second kappa shape index (κ2) is 7.06. The van der Waals surface area contributed by atoms with Crippen LogP contribution in [0.2, 0.25) is 0 Å². The molecule has 0 saturated carbocycles. The van der Waals surface area contributed by atoms with E-state index < -0.39 is 0 Å². The second-order valence-corrected chi connectivity index (χ2v) is 6.15. The Morgan fingerprint density at radius 2 is 2.32 bits per heavy atom. The third-order valence-corrected chi connectivity index (χ3v) is 4.18. The summed E-state index contributed by atoms with van der Waals surface area (Å²) in [6.07, 6.45) is 3.84. The number of hydrogen-bond donors (Lipinski definition) is 1. The van der Waals surface area contributed by atoms with Gasteiger partial charge in [-0.05, 0) is 49.4 Å². The highest BCUT2D eigenvalue weighted by molar-refractivity contribution is 9.10. The zero-order valence-electron chi connectivity index (χ0n) is 11.1. The van der Waals surface area contributed by atoms with E-state index in [4.69, 9.17) is 5.73 Å². The third kappa shape index (κ3) is 4.32. The summed E-state index contributed by atoms with van der Waals surface area (Å²) in [5.41, 5.74) is 6.68. The maximum atomic E-state index is 12.3. The fourth-order valence-electron chi connectivity index (χ4n) is 2.70. The highest BCUT2D eigenvalue weighted by atomic mass is 79.9. The van der Waals surface area contributed by atoms with E-state index in [9.17, 15) is 4.79 Å². The molecule has 1 aliphatic rings. The van der Waals surface area contributed by atoms with Gasteiger partial charge in [0.05, 0.1) is 6.42 Å². The van der Waals surface area contributed by atoms with Crippen molar-refractivity contribution in [2.45, 2.75) is 25.7 Å². The van der Waals surface area contributed by atoms with Crippen LogP contribution in [-0.2, 0) is 11.2 Å². The van der Waals surface area contributed by atoms with Crippen molar-refractivity contribution < 1.29 is 4.79 Å². The summed E-state index contributed by atoms with van der Waals surface area (Å²) >= 11 is 3.44. The molecule has 2 rings (SSSR count). The van der Waals surface area contributed by atoms with Gasteiger partial charge in [0.1, 0.15) is 0 Å². The quantitative estimate of drug-likeness (QED) is 0.925. The molecule has 0 radical (unpaired) electrons. The number of amides is 1. The summed E-state index contributed by atoms with van der Waals surface area (Å²) < 4.78 is 1.03. The smallest absolute Gasteiger partial charge is 0.226 e. The maximum Gasteiger partial charge on any atom is 0.226 e. The van der Waals surface area contributed by atoms with Crippen LogP contribution in [0.4, 0.5) is 0 Å². The number of carbonyl (C=O) groups is 1. The third-order valence-electron chi connectivity index (χ3n) is 3.69. The Hall–Kier alpha value is -0.870. The van der Waals surface area contributed by atoms with Crippen molar-refractivity contribution in [3.05, 3.63) is 34.3 Å². The molecule has 1 fully saturated rings. The molecule has 4 heteroatoms. The molecule has 1 aromatic carbocycles. The minimum Gasteiger partial charge on any atom is -0.342 e. The normalized spacial score (nSPS) is 19.5. The SMILES string of the molecule is NCCC1CCCN(C(=O)Cc2cccc(Br)c2)C1. The number of piperidine rings is 1. The number of likely N-dealkylation sites (tertiary alicyclic amines) is 1. The minimum absolute atomic E-state index is 0.236. The lowest BCUT2D eigenvalue weighted by Gasteiger charge is -2.32. The number of halogens is 1. The number of nitrogens with two attached hydrogens (primary N) is 1. The molecule has 1 amide bonds. The lowest BCUT2D eigenvalue weighted by molar-refractivity contribution is -0.132. The molecule has 3 nitrogen and oxygen atoms in total. The van der Waals surface area contributed by atoms with Crippen LogP contribution in [0.15, 0.2) is 28.7 Å². The number of benzene rings is 1. The molecule has 1 saturated heterocycles. The summed E-state index contributed by atoms with van der Waals surface area (Å²) in [5.74, 6) is 0.824. The Morgan fingerprint density at radius 3 is 3.05 bits per heavy atom. The van der Waals surface area contributed by atoms with Crippen LogP contribution in [0.25, 0.3) is 0 Å². The van der Waals surface area contributed by atoms with Gasteiger partial charge < -0.3 is 10.6 Å². The van der Waals surface area contributed by atoms with Crippen LogP contribution >= 0.6 is 15.9 Å². The van der Waals surface area contributed by atoms with Gasteiger partial charge in [-0.1, -0.05) is 28.1 Å². The summed E-state index contributed by atoms with van der Waals surface area (Å²) in [5, 5.41) is 0. The van der Waals surface area contributed by atoms with E-state index in [0.29, 0.717) is 12.3 Å². The molecule has 0 aliphatic carbocycles. The van der Waals surface area contributed by atoms with Gasteiger partial charge in [0, 0.05) is 17.6 Å². The average Bonchev–Trinajstić information content (AvgIpc) is 2.39. The Labute approximate surface area is 123 Å². The molecule has 1 aromatic rings. The molecule has 1 unspecified atom stereocenters. The Balaban J connectivity index is 1.92. The Morgan fingerprint density at radius 1 is 1.47 bits per heavy atom. The van der Waals surface area contributed by atoms with E-state index in [1.165, 1.54) is 6.42 Å². The first kappa shape index (κ1) is 14.5. The summed E-state index contributed by atoms with van der Waals surface area (Å²) in [7, 11) is 0. The van der Waals surface area contributed by atoms with Crippen LogP contribution in [0.3, 0.4) is 0 Å². The fraction of sp³-hybridized carbons (Fsp3) is 0.533. The van der Waals surface area contributed by atoms with E-state index in [0.717, 1.165) is 42.5 Å². The molecule has 0 spiro atoms. The predicted octanol–water partition coefficient (Wildman–Crippen LogP) is 2.58. The zero-order valence-corrected chi connectivity index (χ0v) is 12.7. The van der Waals surface area contributed by atoms with Crippen molar-refractivity contribution in [1.29, 1.82) is 0 Å². The summed E-state index contributed by atoms with van der Waals surface area (Å²) in [6, 6.07) is 7.97. The van der Waals surface area contributed by atoms with Gasteiger partial charge in [0.15, 0.2) is 0 Å². The standard InChI is InChI=1S/C15H21BrN2O/c16-14-5-1-3-13(9-14)10-15(19)18-8-2-4-12(11-18)6-7-17/h1,3,5,9,12H,2,4,6-8,10-11,17H2. The van der Waals surface area contributed by atoms with E-state index >= 15 is 0 Å². The molecule has 0 aromatic heterocycles. The highest BCUT2D eigenvalue weighted by Crippen LogP contribution is 2.20. The molecule has 1 aliphatic heterocycles. The van der Waals surface area contributed by atoms with Crippen LogP contribution in [0.5, 0.6) is 0 Å². The van der Waals surface area contributed by atoms with Gasteiger partial charge in [-0.15, -0.1) is 0 Å². The van der Waals surface area contributed by atoms with Crippen molar-refractivity contribution in [3.8, 4) is 0 Å². The predicted molar refractivity (Wildman–Crippen MR) is 80.8 cm³/mol. The van der Waals surface area contributed by atoms with Gasteiger partial charge in [-0.25, -0.2) is 0 Å². The van der Waals surface area contributed by atoms with Crippen molar-refractivity contribution in [3.63, 3.8) is 0 Å². The Kier molecular flexibility index (Phi) is 5.40. The molecule has 2 N–H and O–H groups in total. The first-order valence-corrected chi connectivity index (χ1v) is 7.70. The van der Waals surface area contributed by atoms with Gasteiger partial charge in [-0.2, -0.15) is 0 Å². The van der Waals surface area contributed by atoms with Crippen LogP contribution in [0, 0.1) is 5.92 Å². The monoisotopic (exact) mass is 324 g/mol. The van der Waals surface area contributed by atoms with Crippen molar-refractivity contribution >= 4 is 21.8 Å². The molecule has 1 atom stereocenters. The summed E-state index contributed by atoms with van der Waals surface area (Å²) in [4.78, 5) is 14.3. The lowest BCUT2D eigenvalue weighted by Crippen LogP contribution is -2.41. The highest BCUT2D eigenvalue weighted by Gasteiger charge is 2.23. The first-order valence-electron chi connectivity index (χ1n) is 6.91. The van der Waals surface area contributed by atoms with Gasteiger partial charge in [0.25, 0.3) is 0 Å². The van der Waals surface area contributed by atoms with E-state index in [1.807, 2.05) is 29.2 Å². The van der Waals surface area contributed by atoms with E-state index in [-0.39, 0.29) is 5.91 Å². The topological polar surface area (TPSA) is 46.3 Å². The van der Waals surface area contributed by atoms with Crippen molar-refractivity contribution in [2.24, 2.45) is 11.7 Å². The molecule has 104 valence electrons. The van der Waals surface area contributed by atoms with Gasteiger partial charge in [0.2, 0.25) is 5.91 Å². The Bertz CT molecular complexity index is 434. The zero-order chi connectivity index (χ0) is 13.7.